The molecule has 2 aliphatic rings. The number of nitrogens with zero attached hydrogens (tertiary/aromatic N) is 2. The number of benzene rings is 3. The average Bonchev–Trinajstić information content (AvgIpc) is 3.51. The van der Waals surface area contributed by atoms with Gasteiger partial charge < -0.3 is 48.5 Å². The van der Waals surface area contributed by atoms with Crippen molar-refractivity contribution in [2.45, 2.75) is 86.4 Å². The Kier molecular flexibility index (Phi) is 13.7. The Morgan fingerprint density at radius 3 is 2.37 bits per heavy atom. The summed E-state index contributed by atoms with van der Waals surface area (Å²) in [6.45, 7) is 16.3. The Morgan fingerprint density at radius 1 is 0.984 bits per heavy atom. The van der Waals surface area contributed by atoms with Crippen LogP contribution in [0.5, 0.6) is 17.2 Å². The summed E-state index contributed by atoms with van der Waals surface area (Å²) in [6, 6.07) is 5.07. The minimum Gasteiger partial charge on any atom is -0.505 e. The smallest absolute Gasteiger partial charge is 0.312 e. The second-order valence-electron chi connectivity index (χ2n) is 17.4. The molecule has 15 nitrogen and oxygen atoms in total. The fraction of sp³-hybridized carbons (Fsp3) is 0.479. The van der Waals surface area contributed by atoms with Gasteiger partial charge in [0.1, 0.15) is 40.9 Å². The number of anilines is 1. The molecule has 1 amide bonds. The molecule has 0 saturated carbocycles. The van der Waals surface area contributed by atoms with Crippen molar-refractivity contribution in [2.24, 2.45) is 29.6 Å². The van der Waals surface area contributed by atoms with Crippen LogP contribution in [0.25, 0.3) is 33.0 Å². The third-order valence-electron chi connectivity index (χ3n) is 12.7. The second-order valence-corrected chi connectivity index (χ2v) is 17.4. The van der Waals surface area contributed by atoms with Crippen LogP contribution in [0.15, 0.2) is 63.6 Å². The van der Waals surface area contributed by atoms with Crippen LogP contribution in [0.1, 0.15) is 71.3 Å². The quantitative estimate of drug-likeness (QED) is 0.0761. The Morgan fingerprint density at radius 2 is 1.70 bits per heavy atom. The number of methoxy groups -OCH3 is 1. The third-order valence-corrected chi connectivity index (χ3v) is 12.7. The molecule has 15 heteroatoms. The van der Waals surface area contributed by atoms with Gasteiger partial charge in [0.2, 0.25) is 0 Å². The number of carbonyl (C=O) groups excluding carboxylic acids is 3. The molecule has 338 valence electrons. The molecule has 0 radical (unpaired) electrons. The van der Waals surface area contributed by atoms with E-state index in [4.69, 9.17) is 33.1 Å². The molecule has 0 spiro atoms. The Hall–Kier alpha value is -5.77. The fourth-order valence-electron chi connectivity index (χ4n) is 8.47. The van der Waals surface area contributed by atoms with Crippen molar-refractivity contribution in [2.75, 3.05) is 39.7 Å². The molecule has 9 atom stereocenters. The highest BCUT2D eigenvalue weighted by Gasteiger charge is 2.49. The van der Waals surface area contributed by atoms with Crippen molar-refractivity contribution in [3.8, 4) is 17.2 Å². The maximum Gasteiger partial charge on any atom is 0.312 e. The van der Waals surface area contributed by atoms with Gasteiger partial charge in [0.15, 0.2) is 22.3 Å². The number of aromatic nitrogens is 1. The first-order valence-corrected chi connectivity index (χ1v) is 21.2. The lowest BCUT2D eigenvalue weighted by molar-refractivity contribution is -0.157. The number of phenols is 1. The van der Waals surface area contributed by atoms with E-state index in [0.717, 1.165) is 0 Å². The van der Waals surface area contributed by atoms with E-state index >= 15 is 0 Å². The molecule has 3 heterocycles. The predicted octanol–water partition coefficient (Wildman–Crippen LogP) is 7.21. The molecule has 2 aliphatic heterocycles. The molecule has 3 aromatic carbocycles. The minimum atomic E-state index is -2.02. The molecule has 0 aliphatic carbocycles. The Labute approximate surface area is 366 Å². The van der Waals surface area contributed by atoms with Crippen molar-refractivity contribution < 1.29 is 52.7 Å². The van der Waals surface area contributed by atoms with Crippen molar-refractivity contribution in [3.63, 3.8) is 0 Å². The number of hydrogen-bond acceptors (Lipinski definition) is 14. The number of carbonyl (C=O) groups is 3. The van der Waals surface area contributed by atoms with Gasteiger partial charge in [-0.25, -0.2) is 4.98 Å². The van der Waals surface area contributed by atoms with Crippen LogP contribution in [0, 0.1) is 36.5 Å². The number of esters is 1. The number of aliphatic hydroxyl groups is 1. The number of likely N-dealkylation sites (N-methyl/N-ethyl adjacent to an activating group) is 1. The van der Waals surface area contributed by atoms with Gasteiger partial charge in [0, 0.05) is 55.9 Å². The minimum absolute atomic E-state index is 0.00695. The topological polar surface area (TPSA) is 196 Å². The van der Waals surface area contributed by atoms with Gasteiger partial charge in [-0.15, -0.1) is 0 Å². The Bertz CT molecular complexity index is 2600. The fourth-order valence-corrected chi connectivity index (χ4v) is 8.47. The van der Waals surface area contributed by atoms with Gasteiger partial charge in [0.05, 0.1) is 29.4 Å². The number of aliphatic hydroxyl groups excluding tert-OH is 1. The zero-order valence-electron chi connectivity index (χ0n) is 38.0. The summed E-state index contributed by atoms with van der Waals surface area (Å²) in [5, 5.41) is 26.0. The number of ketones is 1. The first-order valence-electron chi connectivity index (χ1n) is 21.2. The number of aromatic hydroxyl groups is 1. The van der Waals surface area contributed by atoms with Crippen LogP contribution in [0.4, 0.5) is 5.69 Å². The van der Waals surface area contributed by atoms with Crippen molar-refractivity contribution in [1.29, 1.82) is 0 Å². The van der Waals surface area contributed by atoms with Gasteiger partial charge in [-0.05, 0) is 63.9 Å². The Balaban J connectivity index is 1.60. The van der Waals surface area contributed by atoms with E-state index in [9.17, 15) is 29.4 Å². The molecule has 3 N–H and O–H groups in total. The summed E-state index contributed by atoms with van der Waals surface area (Å²) in [6.07, 6.45) is 5.74. The SMILES string of the molecule is CO[C@H]1/C=C/O[C@@]2(C)Oc3c(C)c(=O)c4c(O)c(c5oc6cccc(OCCN(C)C)c6nc5c4c3C2=O)NC(=O)/C(C)=C\C=C\[C@H](C)[C@H](O)[C@@H](C)[C@@H](C)[C@@H](C)[C@H](OC(C)=O)[C@@H]1C. The normalized spacial score (nSPS) is 29.0. The van der Waals surface area contributed by atoms with Gasteiger partial charge in [-0.2, -0.15) is 0 Å². The number of hydrogen-bond donors (Lipinski definition) is 3. The predicted molar refractivity (Wildman–Crippen MR) is 239 cm³/mol. The van der Waals surface area contributed by atoms with Crippen molar-refractivity contribution in [3.05, 3.63) is 75.7 Å². The number of amides is 1. The van der Waals surface area contributed by atoms with Crippen molar-refractivity contribution >= 4 is 56.3 Å². The van der Waals surface area contributed by atoms with E-state index in [-0.39, 0.29) is 84.8 Å². The van der Waals surface area contributed by atoms with E-state index in [0.29, 0.717) is 18.9 Å². The summed E-state index contributed by atoms with van der Waals surface area (Å²) in [4.78, 5) is 62.5. The molecular weight excluding hydrogens is 811 g/mol. The van der Waals surface area contributed by atoms with Crippen LogP contribution in [0.3, 0.4) is 0 Å². The maximum absolute atomic E-state index is 14.8. The molecule has 0 fully saturated rings. The number of rotatable bonds is 6. The zero-order chi connectivity index (χ0) is 46.2. The van der Waals surface area contributed by atoms with Crippen molar-refractivity contribution in [1.82, 2.24) is 9.88 Å². The largest absolute Gasteiger partial charge is 0.505 e. The number of ether oxygens (including phenoxy) is 5. The molecule has 6 rings (SSSR count). The maximum atomic E-state index is 14.8. The molecular formula is C48H59N3O12. The molecule has 4 bridgehead atoms. The highest BCUT2D eigenvalue weighted by molar-refractivity contribution is 6.26. The summed E-state index contributed by atoms with van der Waals surface area (Å²) < 4.78 is 36.8. The number of phenolic OH excluding ortho intramolecular Hbond substituents is 1. The number of fused-ring (bicyclic) bond motifs is 2. The third kappa shape index (κ3) is 8.91. The molecule has 0 unspecified atom stereocenters. The highest BCUT2D eigenvalue weighted by Crippen LogP contribution is 2.49. The van der Waals surface area contributed by atoms with E-state index in [1.54, 1.807) is 49.4 Å². The van der Waals surface area contributed by atoms with Crippen LogP contribution in [0.2, 0.25) is 0 Å². The van der Waals surface area contributed by atoms with Crippen LogP contribution in [-0.2, 0) is 23.8 Å². The van der Waals surface area contributed by atoms with E-state index in [2.05, 4.69) is 5.32 Å². The average molecular weight is 870 g/mol. The first kappa shape index (κ1) is 46.7. The lowest BCUT2D eigenvalue weighted by Gasteiger charge is -2.39. The zero-order valence-corrected chi connectivity index (χ0v) is 38.0. The summed E-state index contributed by atoms with van der Waals surface area (Å²) >= 11 is 0. The van der Waals surface area contributed by atoms with Gasteiger partial charge in [-0.1, -0.05) is 58.9 Å². The first-order chi connectivity index (χ1) is 29.7. The molecule has 63 heavy (non-hydrogen) atoms. The monoisotopic (exact) mass is 869 g/mol. The molecule has 1 aromatic heterocycles. The van der Waals surface area contributed by atoms with Crippen LogP contribution >= 0.6 is 0 Å². The van der Waals surface area contributed by atoms with E-state index < -0.39 is 58.9 Å². The molecule has 0 saturated heterocycles. The summed E-state index contributed by atoms with van der Waals surface area (Å²) in [5.74, 6) is -5.60. The van der Waals surface area contributed by atoms with Gasteiger partial charge in [0.25, 0.3) is 11.7 Å². The summed E-state index contributed by atoms with van der Waals surface area (Å²) in [7, 11) is 5.33. The van der Waals surface area contributed by atoms with Crippen LogP contribution in [-0.4, -0.2) is 96.2 Å². The lowest BCUT2D eigenvalue weighted by Crippen LogP contribution is -2.43. The lowest BCUT2D eigenvalue weighted by atomic mass is 9.73. The number of para-hydroxylation sites is 1. The standard InChI is InChI=1S/C48H59N3O12/c1-23-15-13-16-24(2)47(57)50-39-42(55)35-34(38-45(39)62-33-18-14-17-32(37(33)49-38)59-22-20-51(10)11)36-44(29(7)41(35)54)63-48(9,46(36)56)60-21-19-31(58-12)28(6)43(61-30(8)52)27(5)25(3)26(4)40(23)53/h13-19,21,23,25-28,31,40,43,53,55H,20,22H2,1-12H3,(H,50,57)/b15-13+,21-19+,24-16-/t23-,25+,26-,27+,28+,31-,40-,43-,48-/m0/s1. The van der Waals surface area contributed by atoms with E-state index in [1.807, 2.05) is 53.6 Å². The number of Topliss-reactive ketones (excluding diaryl/α,β-unsaturated/α-hetero) is 1. The highest BCUT2D eigenvalue weighted by atomic mass is 16.7. The number of nitrogens with one attached hydrogen (secondary N) is 1. The van der Waals surface area contributed by atoms with Gasteiger partial charge >= 0.3 is 11.8 Å². The molecule has 4 aromatic rings. The second kappa shape index (κ2) is 18.5. The summed E-state index contributed by atoms with van der Waals surface area (Å²) in [5.41, 5.74) is -0.425. The number of allylic oxidation sites excluding steroid dienone is 2. The van der Waals surface area contributed by atoms with E-state index in [1.165, 1.54) is 34.1 Å². The van der Waals surface area contributed by atoms with Crippen LogP contribution < -0.4 is 20.2 Å². The van der Waals surface area contributed by atoms with Gasteiger partial charge in [-0.3, -0.25) is 19.2 Å².